The normalized spacial score (nSPS) is 12.7. The van der Waals surface area contributed by atoms with Gasteiger partial charge in [-0.25, -0.2) is 0 Å². The fourth-order valence-corrected chi connectivity index (χ4v) is 9.93. The van der Waals surface area contributed by atoms with Crippen molar-refractivity contribution < 1.29 is 28.6 Å². The van der Waals surface area contributed by atoms with E-state index in [1.807, 2.05) is 0 Å². The first-order valence-electron chi connectivity index (χ1n) is 34.7. The average molecular weight is 1130 g/mol. The maximum absolute atomic E-state index is 12.9. The molecule has 0 radical (unpaired) electrons. The molecule has 0 amide bonds. The molecular weight excluding hydrogens is 997 g/mol. The third kappa shape index (κ3) is 67.0. The van der Waals surface area contributed by atoms with Crippen LogP contribution in [-0.2, 0) is 28.6 Å². The molecule has 0 aliphatic rings. The summed E-state index contributed by atoms with van der Waals surface area (Å²) in [4.78, 5) is 38.0. The second-order valence-corrected chi connectivity index (χ2v) is 23.1. The molecule has 466 valence electrons. The Balaban J connectivity index is 4.02. The summed E-state index contributed by atoms with van der Waals surface area (Å²) >= 11 is 0. The van der Waals surface area contributed by atoms with E-state index >= 15 is 0 Å². The van der Waals surface area contributed by atoms with Gasteiger partial charge < -0.3 is 14.2 Å². The fourth-order valence-electron chi connectivity index (χ4n) is 9.93. The molecule has 1 unspecified atom stereocenters. The maximum Gasteiger partial charge on any atom is 0.306 e. The first kappa shape index (κ1) is 77.3. The van der Waals surface area contributed by atoms with E-state index in [4.69, 9.17) is 14.2 Å². The second kappa shape index (κ2) is 68.8. The summed E-state index contributed by atoms with van der Waals surface area (Å²) in [6, 6.07) is 0. The van der Waals surface area contributed by atoms with E-state index in [-0.39, 0.29) is 31.1 Å². The Morgan fingerprint density at radius 3 is 0.753 bits per heavy atom. The van der Waals surface area contributed by atoms with Crippen molar-refractivity contribution in [1.82, 2.24) is 0 Å². The molecule has 0 aliphatic carbocycles. The minimum absolute atomic E-state index is 0.0771. The van der Waals surface area contributed by atoms with Crippen LogP contribution in [0.15, 0.2) is 97.2 Å². The standard InChI is InChI=1S/C75H130O6/c1-4-7-10-13-15-17-19-21-23-25-27-29-31-33-34-35-36-37-38-39-40-42-43-45-47-49-51-53-55-57-59-62-65-68-74(77)80-71-72(70-79-73(76)67-64-61-12-9-6-3)81-75(78)69-66-63-60-58-56-54-52-50-48-46-44-41-32-30-28-26-24-22-20-18-16-14-11-8-5-2/h7,10,15,17,21,23,27,29,33-34,36-37,39-40,43,45,72H,4-6,8-9,11-14,16,18-20,22,24-26,28,30-32,35,38,41-42,44,46-71H2,1-3H3/b10-7-,17-15-,23-21-,29-27-,34-33-,37-36-,40-39-,45-43-. The highest BCUT2D eigenvalue weighted by atomic mass is 16.6. The molecule has 0 saturated carbocycles. The topological polar surface area (TPSA) is 78.9 Å². The molecule has 1 atom stereocenters. The van der Waals surface area contributed by atoms with Crippen molar-refractivity contribution in [2.45, 2.75) is 348 Å². The smallest absolute Gasteiger partial charge is 0.306 e. The van der Waals surface area contributed by atoms with Crippen LogP contribution in [-0.4, -0.2) is 37.2 Å². The molecule has 0 aromatic heterocycles. The van der Waals surface area contributed by atoms with Crippen LogP contribution in [0.5, 0.6) is 0 Å². The largest absolute Gasteiger partial charge is 0.462 e. The molecular formula is C75H130O6. The van der Waals surface area contributed by atoms with Crippen molar-refractivity contribution >= 4 is 17.9 Å². The van der Waals surface area contributed by atoms with Crippen molar-refractivity contribution in [2.24, 2.45) is 0 Å². The number of rotatable bonds is 63. The lowest BCUT2D eigenvalue weighted by Crippen LogP contribution is -2.30. The highest BCUT2D eigenvalue weighted by Gasteiger charge is 2.19. The second-order valence-electron chi connectivity index (χ2n) is 23.1. The number of allylic oxidation sites excluding steroid dienone is 16. The molecule has 0 saturated heterocycles. The van der Waals surface area contributed by atoms with Gasteiger partial charge >= 0.3 is 17.9 Å². The summed E-state index contributed by atoms with van der Waals surface area (Å²) in [5.41, 5.74) is 0. The number of ether oxygens (including phenoxy) is 3. The maximum atomic E-state index is 12.9. The Hall–Kier alpha value is -3.67. The van der Waals surface area contributed by atoms with Gasteiger partial charge in [0.2, 0.25) is 0 Å². The molecule has 0 spiro atoms. The van der Waals surface area contributed by atoms with Gasteiger partial charge in [0.25, 0.3) is 0 Å². The van der Waals surface area contributed by atoms with Gasteiger partial charge in [-0.15, -0.1) is 0 Å². The van der Waals surface area contributed by atoms with Gasteiger partial charge in [-0.2, -0.15) is 0 Å². The molecule has 81 heavy (non-hydrogen) atoms. The quantitative estimate of drug-likeness (QED) is 0.0261. The average Bonchev–Trinajstić information content (AvgIpc) is 3.47. The predicted octanol–water partition coefficient (Wildman–Crippen LogP) is 24.0. The van der Waals surface area contributed by atoms with Crippen LogP contribution in [0.1, 0.15) is 342 Å². The summed E-state index contributed by atoms with van der Waals surface area (Å²) in [5.74, 6) is -0.885. The predicted molar refractivity (Wildman–Crippen MR) is 353 cm³/mol. The van der Waals surface area contributed by atoms with Gasteiger partial charge in [-0.1, -0.05) is 336 Å². The Morgan fingerprint density at radius 1 is 0.259 bits per heavy atom. The first-order chi connectivity index (χ1) is 40.0. The lowest BCUT2D eigenvalue weighted by molar-refractivity contribution is -0.167. The summed E-state index contributed by atoms with van der Waals surface area (Å²) in [6.07, 6.45) is 93.4. The number of esters is 3. The van der Waals surface area contributed by atoms with Crippen LogP contribution in [0, 0.1) is 0 Å². The SMILES string of the molecule is CC/C=C\C/C=C\C/C=C\C/C=C\C/C=C\C/C=C\C/C=C\C/C=C\CCCCCCCCCCC(=O)OCC(COC(=O)CCCCCCC)OC(=O)CCCCCCCCCCCCCCCCCCCCCCCCCCC. The molecule has 0 bridgehead atoms. The third-order valence-electron chi connectivity index (χ3n) is 15.1. The van der Waals surface area contributed by atoms with E-state index in [1.165, 1.54) is 180 Å². The third-order valence-corrected chi connectivity index (χ3v) is 15.1. The molecule has 0 rings (SSSR count). The summed E-state index contributed by atoms with van der Waals surface area (Å²) in [6.45, 7) is 6.48. The molecule has 0 N–H and O–H groups in total. The number of hydrogen-bond donors (Lipinski definition) is 0. The number of carbonyl (C=O) groups excluding carboxylic acids is 3. The van der Waals surface area contributed by atoms with Crippen LogP contribution >= 0.6 is 0 Å². The van der Waals surface area contributed by atoms with Crippen molar-refractivity contribution in [3.05, 3.63) is 97.2 Å². The highest BCUT2D eigenvalue weighted by Crippen LogP contribution is 2.18. The van der Waals surface area contributed by atoms with Crippen molar-refractivity contribution in [3.63, 3.8) is 0 Å². The number of hydrogen-bond acceptors (Lipinski definition) is 6. The zero-order valence-corrected chi connectivity index (χ0v) is 53.5. The molecule has 6 nitrogen and oxygen atoms in total. The van der Waals surface area contributed by atoms with Gasteiger partial charge in [0.1, 0.15) is 13.2 Å². The molecule has 0 fully saturated rings. The van der Waals surface area contributed by atoms with Crippen LogP contribution < -0.4 is 0 Å². The Morgan fingerprint density at radius 2 is 0.481 bits per heavy atom. The number of unbranched alkanes of at least 4 members (excludes halogenated alkanes) is 36. The van der Waals surface area contributed by atoms with Crippen LogP contribution in [0.4, 0.5) is 0 Å². The summed E-state index contributed by atoms with van der Waals surface area (Å²) in [5, 5.41) is 0. The van der Waals surface area contributed by atoms with Crippen LogP contribution in [0.3, 0.4) is 0 Å². The minimum Gasteiger partial charge on any atom is -0.462 e. The van der Waals surface area contributed by atoms with Gasteiger partial charge in [-0.3, -0.25) is 14.4 Å². The lowest BCUT2D eigenvalue weighted by atomic mass is 10.0. The minimum atomic E-state index is -0.776. The van der Waals surface area contributed by atoms with Gasteiger partial charge in [0, 0.05) is 19.3 Å². The molecule has 6 heteroatoms. The van der Waals surface area contributed by atoms with Gasteiger partial charge in [-0.05, 0) is 83.5 Å². The lowest BCUT2D eigenvalue weighted by Gasteiger charge is -2.18. The molecule has 0 aromatic carbocycles. The van der Waals surface area contributed by atoms with Crippen molar-refractivity contribution in [3.8, 4) is 0 Å². The summed E-state index contributed by atoms with van der Waals surface area (Å²) < 4.78 is 16.8. The van der Waals surface area contributed by atoms with Crippen molar-refractivity contribution in [2.75, 3.05) is 13.2 Å². The zero-order valence-electron chi connectivity index (χ0n) is 53.5. The molecule has 0 heterocycles. The van der Waals surface area contributed by atoms with Gasteiger partial charge in [0.05, 0.1) is 0 Å². The van der Waals surface area contributed by atoms with E-state index in [9.17, 15) is 14.4 Å². The molecule has 0 aromatic rings. The zero-order chi connectivity index (χ0) is 58.5. The van der Waals surface area contributed by atoms with Crippen LogP contribution in [0.2, 0.25) is 0 Å². The fraction of sp³-hybridized carbons (Fsp3) is 0.747. The van der Waals surface area contributed by atoms with Gasteiger partial charge in [0.15, 0.2) is 6.10 Å². The Bertz CT molecular complexity index is 1580. The Kier molecular flexibility index (Phi) is 65.7. The Labute approximate surface area is 502 Å². The van der Waals surface area contributed by atoms with E-state index in [0.717, 1.165) is 122 Å². The van der Waals surface area contributed by atoms with Crippen molar-refractivity contribution in [1.29, 1.82) is 0 Å². The summed E-state index contributed by atoms with van der Waals surface area (Å²) in [7, 11) is 0. The first-order valence-corrected chi connectivity index (χ1v) is 34.7. The van der Waals surface area contributed by atoms with E-state index in [1.54, 1.807) is 0 Å². The number of carbonyl (C=O) groups is 3. The van der Waals surface area contributed by atoms with Crippen LogP contribution in [0.25, 0.3) is 0 Å². The monoisotopic (exact) mass is 1130 g/mol. The van der Waals surface area contributed by atoms with E-state index in [2.05, 4.69) is 118 Å². The van der Waals surface area contributed by atoms with E-state index < -0.39 is 6.10 Å². The van der Waals surface area contributed by atoms with E-state index in [0.29, 0.717) is 19.3 Å². The molecule has 0 aliphatic heterocycles. The highest BCUT2D eigenvalue weighted by molar-refractivity contribution is 5.71.